The molecule has 10 heteroatoms. The number of benzene rings is 1. The predicted octanol–water partition coefficient (Wildman–Crippen LogP) is 3.34. The Morgan fingerprint density at radius 3 is 2.28 bits per heavy atom. The van der Waals surface area contributed by atoms with Gasteiger partial charge in [-0.15, -0.1) is 12.4 Å². The van der Waals surface area contributed by atoms with E-state index in [2.05, 4.69) is 24.5 Å². The number of halogens is 1. The van der Waals surface area contributed by atoms with Gasteiger partial charge in [0.2, 0.25) is 11.8 Å². The lowest BCUT2D eigenvalue weighted by Crippen LogP contribution is -2.43. The zero-order valence-electron chi connectivity index (χ0n) is 24.8. The standard InChI is InChI=1S/C29H51N3O6.ClH/c1-19(2)22(15-21-9-10-26(37-7)27(16-21)38-14-8-13-36-6)17-24(30)25(33)18-23(20(3)4)29(35)32-12-11-28(34)31-5;/h9-10,16,19-20,22-25,33H,8,11-15,17-18,30H2,1-7H3,(H,31,34)(H,32,35);1H/t22-,23-,24-,25-;/m0./s1. The van der Waals surface area contributed by atoms with Crippen molar-refractivity contribution in [3.8, 4) is 11.5 Å². The molecule has 0 aliphatic carbocycles. The molecule has 226 valence electrons. The molecule has 0 fully saturated rings. The number of carbonyl (C=O) groups is 2. The fourth-order valence-corrected chi connectivity index (χ4v) is 4.42. The van der Waals surface area contributed by atoms with Crippen LogP contribution in [-0.2, 0) is 20.7 Å². The van der Waals surface area contributed by atoms with Crippen LogP contribution in [0.4, 0.5) is 0 Å². The van der Waals surface area contributed by atoms with Gasteiger partial charge in [0.15, 0.2) is 11.5 Å². The first-order chi connectivity index (χ1) is 18.0. The monoisotopic (exact) mass is 573 g/mol. The van der Waals surface area contributed by atoms with Crippen LogP contribution in [0.15, 0.2) is 18.2 Å². The number of nitrogens with two attached hydrogens (primary N) is 1. The normalized spacial score (nSPS) is 14.2. The summed E-state index contributed by atoms with van der Waals surface area (Å²) in [4.78, 5) is 24.2. The van der Waals surface area contributed by atoms with Crippen LogP contribution in [0.5, 0.6) is 11.5 Å². The second-order valence-electron chi connectivity index (χ2n) is 10.7. The summed E-state index contributed by atoms with van der Waals surface area (Å²) in [5, 5.41) is 16.3. The molecule has 1 aromatic carbocycles. The van der Waals surface area contributed by atoms with Crippen LogP contribution >= 0.6 is 12.4 Å². The van der Waals surface area contributed by atoms with E-state index in [0.717, 1.165) is 18.4 Å². The first kappa shape index (κ1) is 36.9. The Labute approximate surface area is 241 Å². The topological polar surface area (TPSA) is 132 Å². The Balaban J connectivity index is 0.0000144. The van der Waals surface area contributed by atoms with Gasteiger partial charge in [0.1, 0.15) is 0 Å². The Kier molecular flexibility index (Phi) is 18.8. The molecule has 39 heavy (non-hydrogen) atoms. The van der Waals surface area contributed by atoms with Gasteiger partial charge in [-0.2, -0.15) is 0 Å². The average Bonchev–Trinajstić information content (AvgIpc) is 2.88. The van der Waals surface area contributed by atoms with Gasteiger partial charge >= 0.3 is 0 Å². The summed E-state index contributed by atoms with van der Waals surface area (Å²) >= 11 is 0. The van der Waals surface area contributed by atoms with E-state index in [0.29, 0.717) is 37.1 Å². The summed E-state index contributed by atoms with van der Waals surface area (Å²) in [6.07, 6.45) is 1.87. The largest absolute Gasteiger partial charge is 0.493 e. The Morgan fingerprint density at radius 2 is 1.72 bits per heavy atom. The molecule has 0 spiro atoms. The molecule has 0 saturated carbocycles. The van der Waals surface area contributed by atoms with E-state index in [1.54, 1.807) is 21.3 Å². The maximum Gasteiger partial charge on any atom is 0.223 e. The highest BCUT2D eigenvalue weighted by Crippen LogP contribution is 2.31. The molecule has 0 aromatic heterocycles. The number of aliphatic hydroxyl groups excluding tert-OH is 1. The molecule has 0 radical (unpaired) electrons. The number of ether oxygens (including phenoxy) is 3. The van der Waals surface area contributed by atoms with Crippen molar-refractivity contribution in [2.24, 2.45) is 29.4 Å². The fraction of sp³-hybridized carbons (Fsp3) is 0.724. The Hall–Kier alpha value is -2.07. The van der Waals surface area contributed by atoms with E-state index in [4.69, 9.17) is 19.9 Å². The number of carbonyl (C=O) groups excluding carboxylic acids is 2. The Morgan fingerprint density at radius 1 is 1.03 bits per heavy atom. The molecule has 0 aliphatic heterocycles. The number of hydrogen-bond donors (Lipinski definition) is 4. The van der Waals surface area contributed by atoms with Gasteiger partial charge in [-0.25, -0.2) is 0 Å². The van der Waals surface area contributed by atoms with Crippen LogP contribution in [0.25, 0.3) is 0 Å². The molecular weight excluding hydrogens is 522 g/mol. The van der Waals surface area contributed by atoms with Gasteiger partial charge < -0.3 is 35.7 Å². The predicted molar refractivity (Wildman–Crippen MR) is 157 cm³/mol. The number of nitrogens with one attached hydrogen (secondary N) is 2. The number of hydrogen-bond acceptors (Lipinski definition) is 7. The van der Waals surface area contributed by atoms with Gasteiger partial charge in [0.05, 0.1) is 19.8 Å². The van der Waals surface area contributed by atoms with E-state index in [1.165, 1.54) is 0 Å². The van der Waals surface area contributed by atoms with E-state index >= 15 is 0 Å². The molecule has 0 aliphatic rings. The molecule has 1 rings (SSSR count). The van der Waals surface area contributed by atoms with Crippen LogP contribution in [0.1, 0.15) is 58.9 Å². The molecule has 0 saturated heterocycles. The SMILES string of the molecule is CNC(=O)CCNC(=O)[C@@H](C[C@H](O)[C@@H](N)C[C@H](Cc1ccc(OC)c(OCCCOC)c1)C(C)C)C(C)C.Cl. The third kappa shape index (κ3) is 13.7. The van der Waals surface area contributed by atoms with E-state index in [-0.39, 0.29) is 55.4 Å². The molecular formula is C29H52ClN3O6. The number of amides is 2. The minimum Gasteiger partial charge on any atom is -0.493 e. The summed E-state index contributed by atoms with van der Waals surface area (Å²) in [6, 6.07) is 5.51. The molecule has 2 amide bonds. The molecule has 0 heterocycles. The summed E-state index contributed by atoms with van der Waals surface area (Å²) in [5.74, 6) is 1.31. The lowest BCUT2D eigenvalue weighted by Gasteiger charge is -2.30. The maximum absolute atomic E-state index is 12.8. The smallest absolute Gasteiger partial charge is 0.223 e. The Bertz CT molecular complexity index is 839. The van der Waals surface area contributed by atoms with Crippen molar-refractivity contribution in [2.75, 3.05) is 41.0 Å². The van der Waals surface area contributed by atoms with Gasteiger partial charge in [-0.05, 0) is 54.7 Å². The lowest BCUT2D eigenvalue weighted by atomic mass is 9.81. The van der Waals surface area contributed by atoms with Crippen LogP contribution < -0.4 is 25.8 Å². The third-order valence-corrected chi connectivity index (χ3v) is 7.06. The zero-order valence-corrected chi connectivity index (χ0v) is 25.6. The maximum atomic E-state index is 12.8. The van der Waals surface area contributed by atoms with Gasteiger partial charge in [0, 0.05) is 52.1 Å². The quantitative estimate of drug-likeness (QED) is 0.187. The van der Waals surface area contributed by atoms with Crippen molar-refractivity contribution in [1.82, 2.24) is 10.6 Å². The summed E-state index contributed by atoms with van der Waals surface area (Å²) in [5.41, 5.74) is 7.61. The van der Waals surface area contributed by atoms with Crippen LogP contribution in [0, 0.1) is 23.7 Å². The third-order valence-electron chi connectivity index (χ3n) is 7.06. The average molecular weight is 574 g/mol. The minimum atomic E-state index is -0.816. The second kappa shape index (κ2) is 19.9. The highest BCUT2D eigenvalue weighted by molar-refractivity contribution is 5.85. The molecule has 0 unspecified atom stereocenters. The summed E-state index contributed by atoms with van der Waals surface area (Å²) in [6.45, 7) is 9.66. The highest BCUT2D eigenvalue weighted by atomic mass is 35.5. The first-order valence-electron chi connectivity index (χ1n) is 13.7. The van der Waals surface area contributed by atoms with Gasteiger partial charge in [-0.1, -0.05) is 33.8 Å². The number of methoxy groups -OCH3 is 2. The minimum absolute atomic E-state index is 0. The van der Waals surface area contributed by atoms with Crippen molar-refractivity contribution < 1.29 is 28.9 Å². The van der Waals surface area contributed by atoms with Crippen molar-refractivity contribution >= 4 is 24.2 Å². The zero-order chi connectivity index (χ0) is 28.7. The van der Waals surface area contributed by atoms with E-state index in [9.17, 15) is 14.7 Å². The van der Waals surface area contributed by atoms with E-state index < -0.39 is 18.1 Å². The van der Waals surface area contributed by atoms with Crippen molar-refractivity contribution in [2.45, 2.75) is 71.9 Å². The van der Waals surface area contributed by atoms with Crippen LogP contribution in [-0.4, -0.2) is 70.1 Å². The summed E-state index contributed by atoms with van der Waals surface area (Å²) < 4.78 is 16.5. The first-order valence-corrected chi connectivity index (χ1v) is 13.7. The van der Waals surface area contributed by atoms with Crippen molar-refractivity contribution in [3.63, 3.8) is 0 Å². The van der Waals surface area contributed by atoms with E-state index in [1.807, 2.05) is 32.0 Å². The number of aliphatic hydroxyl groups is 1. The second-order valence-corrected chi connectivity index (χ2v) is 10.7. The van der Waals surface area contributed by atoms with Crippen molar-refractivity contribution in [3.05, 3.63) is 23.8 Å². The van der Waals surface area contributed by atoms with Gasteiger partial charge in [0.25, 0.3) is 0 Å². The van der Waals surface area contributed by atoms with Crippen LogP contribution in [0.3, 0.4) is 0 Å². The van der Waals surface area contributed by atoms with Crippen molar-refractivity contribution in [1.29, 1.82) is 0 Å². The highest BCUT2D eigenvalue weighted by Gasteiger charge is 2.29. The molecule has 4 atom stereocenters. The van der Waals surface area contributed by atoms with Gasteiger partial charge in [-0.3, -0.25) is 9.59 Å². The fourth-order valence-electron chi connectivity index (χ4n) is 4.42. The molecule has 5 N–H and O–H groups in total. The molecule has 0 bridgehead atoms. The summed E-state index contributed by atoms with van der Waals surface area (Å²) in [7, 11) is 4.86. The number of rotatable bonds is 19. The van der Waals surface area contributed by atoms with Crippen LogP contribution in [0.2, 0.25) is 0 Å². The lowest BCUT2D eigenvalue weighted by molar-refractivity contribution is -0.127. The molecule has 9 nitrogen and oxygen atoms in total. The molecule has 1 aromatic rings.